The van der Waals surface area contributed by atoms with Crippen molar-refractivity contribution < 1.29 is 19.1 Å². The van der Waals surface area contributed by atoms with E-state index >= 15 is 0 Å². The van der Waals surface area contributed by atoms with Gasteiger partial charge in [-0.25, -0.2) is 0 Å². The Hall–Kier alpha value is -2.93. The smallest absolute Gasteiger partial charge is 0.262 e. The van der Waals surface area contributed by atoms with Gasteiger partial charge < -0.3 is 25.8 Å². The third kappa shape index (κ3) is 5.79. The number of nitrogen functional groups attached to an aromatic ring is 1. The fourth-order valence-corrected chi connectivity index (χ4v) is 2.36. The Kier molecular flexibility index (Phi) is 6.90. The van der Waals surface area contributed by atoms with Crippen molar-refractivity contribution >= 4 is 41.3 Å². The number of carbonyl (C=O) groups is 2. The number of amides is 2. The van der Waals surface area contributed by atoms with Crippen LogP contribution in [-0.4, -0.2) is 25.5 Å². The van der Waals surface area contributed by atoms with Gasteiger partial charge in [-0.05, 0) is 37.1 Å². The molecule has 8 heteroatoms. The normalized spacial score (nSPS) is 12.5. The van der Waals surface area contributed by atoms with E-state index in [-0.39, 0.29) is 36.7 Å². The van der Waals surface area contributed by atoms with Gasteiger partial charge in [-0.2, -0.15) is 0 Å². The Morgan fingerprint density at radius 2 is 1.89 bits per heavy atom. The van der Waals surface area contributed by atoms with E-state index in [0.717, 1.165) is 12.8 Å². The molecule has 0 radical (unpaired) electrons. The molecule has 4 N–H and O–H groups in total. The van der Waals surface area contributed by atoms with Gasteiger partial charge in [-0.15, -0.1) is 12.4 Å². The van der Waals surface area contributed by atoms with E-state index in [9.17, 15) is 9.59 Å². The number of benzene rings is 2. The number of hydrogen-bond acceptors (Lipinski definition) is 5. The first-order chi connectivity index (χ1) is 12.5. The summed E-state index contributed by atoms with van der Waals surface area (Å²) in [6, 6.07) is 12.0. The summed E-state index contributed by atoms with van der Waals surface area (Å²) >= 11 is 0. The summed E-state index contributed by atoms with van der Waals surface area (Å²) in [7, 11) is 1.54. The van der Waals surface area contributed by atoms with Gasteiger partial charge in [0.1, 0.15) is 11.5 Å². The van der Waals surface area contributed by atoms with E-state index in [1.165, 1.54) is 7.11 Å². The molecular weight excluding hydrogens is 370 g/mol. The zero-order valence-electron chi connectivity index (χ0n) is 14.9. The standard InChI is InChI=1S/C19H21N3O4.ClH/c1-25-14-7-8-16(20)17(10-14)22-18(23)11-26-15-4-2-3-13(9-15)21-19(24)12-5-6-12;/h2-4,7-10,12H,5-6,11,20H2,1H3,(H,21,24)(H,22,23);1H. The second kappa shape index (κ2) is 9.14. The first-order valence-electron chi connectivity index (χ1n) is 8.32. The van der Waals surface area contributed by atoms with Gasteiger partial charge in [0, 0.05) is 23.7 Å². The summed E-state index contributed by atoms with van der Waals surface area (Å²) < 4.78 is 10.6. The molecule has 1 aliphatic carbocycles. The lowest BCUT2D eigenvalue weighted by molar-refractivity contribution is -0.118. The number of anilines is 3. The summed E-state index contributed by atoms with van der Waals surface area (Å²) in [6.45, 7) is -0.184. The molecular formula is C19H22ClN3O4. The van der Waals surface area contributed by atoms with Crippen LogP contribution < -0.4 is 25.8 Å². The van der Waals surface area contributed by atoms with Crippen molar-refractivity contribution in [3.05, 3.63) is 42.5 Å². The number of methoxy groups -OCH3 is 1. The quantitative estimate of drug-likeness (QED) is 0.629. The molecule has 3 rings (SSSR count). The van der Waals surface area contributed by atoms with Crippen molar-refractivity contribution in [3.63, 3.8) is 0 Å². The molecule has 0 unspecified atom stereocenters. The van der Waals surface area contributed by atoms with E-state index in [1.54, 1.807) is 42.5 Å². The van der Waals surface area contributed by atoms with E-state index < -0.39 is 0 Å². The molecule has 0 aliphatic heterocycles. The van der Waals surface area contributed by atoms with Crippen LogP contribution in [0.25, 0.3) is 0 Å². The average Bonchev–Trinajstić information content (AvgIpc) is 3.47. The Morgan fingerprint density at radius 3 is 2.59 bits per heavy atom. The lowest BCUT2D eigenvalue weighted by Gasteiger charge is -2.11. The summed E-state index contributed by atoms with van der Waals surface area (Å²) in [5, 5.41) is 5.53. The van der Waals surface area contributed by atoms with Crippen molar-refractivity contribution in [1.82, 2.24) is 0 Å². The van der Waals surface area contributed by atoms with E-state index in [0.29, 0.717) is 28.6 Å². The lowest BCUT2D eigenvalue weighted by atomic mass is 10.2. The Morgan fingerprint density at radius 1 is 1.11 bits per heavy atom. The van der Waals surface area contributed by atoms with Crippen LogP contribution in [0.2, 0.25) is 0 Å². The van der Waals surface area contributed by atoms with Crippen LogP contribution in [0.1, 0.15) is 12.8 Å². The molecule has 144 valence electrons. The highest BCUT2D eigenvalue weighted by atomic mass is 35.5. The highest BCUT2D eigenvalue weighted by molar-refractivity contribution is 5.95. The fraction of sp³-hybridized carbons (Fsp3) is 0.263. The highest BCUT2D eigenvalue weighted by Crippen LogP contribution is 2.30. The van der Waals surface area contributed by atoms with Crippen LogP contribution in [0.4, 0.5) is 17.1 Å². The molecule has 0 saturated heterocycles. The Labute approximate surface area is 163 Å². The Bertz CT molecular complexity index is 824. The molecule has 27 heavy (non-hydrogen) atoms. The molecule has 2 aromatic carbocycles. The molecule has 0 aromatic heterocycles. The number of ether oxygens (including phenoxy) is 2. The SMILES string of the molecule is COc1ccc(N)c(NC(=O)COc2cccc(NC(=O)C3CC3)c2)c1.Cl. The number of nitrogens with two attached hydrogens (primary N) is 1. The molecule has 7 nitrogen and oxygen atoms in total. The van der Waals surface area contributed by atoms with Crippen molar-refractivity contribution in [2.24, 2.45) is 5.92 Å². The molecule has 0 bridgehead atoms. The summed E-state index contributed by atoms with van der Waals surface area (Å²) in [5.41, 5.74) is 7.39. The zero-order valence-corrected chi connectivity index (χ0v) is 15.7. The predicted molar refractivity (Wildman–Crippen MR) is 107 cm³/mol. The number of rotatable bonds is 7. The summed E-state index contributed by atoms with van der Waals surface area (Å²) in [6.07, 6.45) is 1.88. The zero-order chi connectivity index (χ0) is 18.5. The minimum absolute atomic E-state index is 0. The van der Waals surface area contributed by atoms with Crippen LogP contribution in [0.3, 0.4) is 0 Å². The van der Waals surface area contributed by atoms with Gasteiger partial charge in [-0.1, -0.05) is 6.07 Å². The van der Waals surface area contributed by atoms with Crippen LogP contribution in [0.15, 0.2) is 42.5 Å². The maximum absolute atomic E-state index is 12.1. The van der Waals surface area contributed by atoms with Gasteiger partial charge in [0.25, 0.3) is 5.91 Å². The number of nitrogens with one attached hydrogen (secondary N) is 2. The minimum Gasteiger partial charge on any atom is -0.497 e. The highest BCUT2D eigenvalue weighted by Gasteiger charge is 2.29. The third-order valence-electron chi connectivity index (χ3n) is 3.95. The third-order valence-corrected chi connectivity index (χ3v) is 3.95. The largest absolute Gasteiger partial charge is 0.497 e. The molecule has 2 aromatic rings. The Balaban J connectivity index is 0.00000261. The first-order valence-corrected chi connectivity index (χ1v) is 8.32. The van der Waals surface area contributed by atoms with E-state index in [2.05, 4.69) is 10.6 Å². The minimum atomic E-state index is -0.350. The van der Waals surface area contributed by atoms with Gasteiger partial charge >= 0.3 is 0 Å². The van der Waals surface area contributed by atoms with Crippen LogP contribution >= 0.6 is 12.4 Å². The van der Waals surface area contributed by atoms with E-state index in [1.807, 2.05) is 0 Å². The number of hydrogen-bond donors (Lipinski definition) is 3. The molecule has 0 heterocycles. The van der Waals surface area contributed by atoms with Crippen molar-refractivity contribution in [2.45, 2.75) is 12.8 Å². The maximum Gasteiger partial charge on any atom is 0.262 e. The molecule has 2 amide bonds. The van der Waals surface area contributed by atoms with Crippen molar-refractivity contribution in [1.29, 1.82) is 0 Å². The predicted octanol–water partition coefficient (Wildman–Crippen LogP) is 3.07. The molecule has 0 atom stereocenters. The van der Waals surface area contributed by atoms with Crippen molar-refractivity contribution in [2.75, 3.05) is 30.1 Å². The summed E-state index contributed by atoms with van der Waals surface area (Å²) in [4.78, 5) is 23.9. The van der Waals surface area contributed by atoms with Crippen molar-refractivity contribution in [3.8, 4) is 11.5 Å². The summed E-state index contributed by atoms with van der Waals surface area (Å²) in [5.74, 6) is 0.881. The second-order valence-electron chi connectivity index (χ2n) is 6.08. The van der Waals surface area contributed by atoms with Crippen LogP contribution in [0, 0.1) is 5.92 Å². The molecule has 1 saturated carbocycles. The van der Waals surface area contributed by atoms with Gasteiger partial charge in [0.05, 0.1) is 18.5 Å². The lowest BCUT2D eigenvalue weighted by Crippen LogP contribution is -2.21. The number of carbonyl (C=O) groups excluding carboxylic acids is 2. The van der Waals surface area contributed by atoms with E-state index in [4.69, 9.17) is 15.2 Å². The first kappa shape index (κ1) is 20.4. The number of halogens is 1. The fourth-order valence-electron chi connectivity index (χ4n) is 2.36. The van der Waals surface area contributed by atoms with Gasteiger partial charge in [-0.3, -0.25) is 9.59 Å². The molecule has 1 fully saturated rings. The van der Waals surface area contributed by atoms with Crippen LogP contribution in [-0.2, 0) is 9.59 Å². The second-order valence-corrected chi connectivity index (χ2v) is 6.08. The van der Waals surface area contributed by atoms with Crippen LogP contribution in [0.5, 0.6) is 11.5 Å². The van der Waals surface area contributed by atoms with Gasteiger partial charge in [0.2, 0.25) is 5.91 Å². The molecule has 0 spiro atoms. The molecule has 1 aliphatic rings. The topological polar surface area (TPSA) is 103 Å². The average molecular weight is 392 g/mol. The maximum atomic E-state index is 12.1. The monoisotopic (exact) mass is 391 g/mol. The van der Waals surface area contributed by atoms with Gasteiger partial charge in [0.15, 0.2) is 6.61 Å².